The summed E-state index contributed by atoms with van der Waals surface area (Å²) in [5.74, 6) is -0.236. The van der Waals surface area contributed by atoms with E-state index in [4.69, 9.17) is 5.73 Å². The number of hydrogen-bond acceptors (Lipinski definition) is 4. The summed E-state index contributed by atoms with van der Waals surface area (Å²) in [5, 5.41) is 23.9. The lowest BCUT2D eigenvalue weighted by Gasteiger charge is -2.53. The van der Waals surface area contributed by atoms with E-state index in [-0.39, 0.29) is 17.7 Å². The van der Waals surface area contributed by atoms with E-state index >= 15 is 0 Å². The number of rotatable bonds is 10. The molecule has 0 unspecified atom stereocenters. The van der Waals surface area contributed by atoms with E-state index in [9.17, 15) is 19.8 Å². The van der Waals surface area contributed by atoms with Crippen LogP contribution in [0.2, 0.25) is 0 Å². The van der Waals surface area contributed by atoms with Gasteiger partial charge in [0.2, 0.25) is 11.8 Å². The molecule has 0 aromatic rings. The number of nitrogens with two attached hydrogens (primary N) is 1. The van der Waals surface area contributed by atoms with Crippen LogP contribution < -0.4 is 5.73 Å². The van der Waals surface area contributed by atoms with Gasteiger partial charge in [0.05, 0.1) is 23.3 Å². The molecule has 2 amide bonds. The summed E-state index contributed by atoms with van der Waals surface area (Å²) in [4.78, 5) is 29.5. The Kier molecular flexibility index (Phi) is 8.77. The second-order valence-electron chi connectivity index (χ2n) is 12.6. The Hall–Kier alpha value is -1.14. The summed E-state index contributed by atoms with van der Waals surface area (Å²) >= 11 is 0. The number of carbonyl (C=O) groups excluding carboxylic acids is 2. The van der Waals surface area contributed by atoms with Gasteiger partial charge in [-0.2, -0.15) is 0 Å². The van der Waals surface area contributed by atoms with Gasteiger partial charge in [-0.3, -0.25) is 9.59 Å². The molecule has 196 valence electrons. The van der Waals surface area contributed by atoms with Crippen molar-refractivity contribution in [1.29, 1.82) is 0 Å². The Balaban J connectivity index is 2.17. The van der Waals surface area contributed by atoms with Gasteiger partial charge >= 0.3 is 0 Å². The van der Waals surface area contributed by atoms with Gasteiger partial charge in [-0.15, -0.1) is 0 Å². The second kappa shape index (κ2) is 10.9. The number of aliphatic hydroxyl groups is 2. The van der Waals surface area contributed by atoms with Crippen LogP contribution in [-0.2, 0) is 9.59 Å². The van der Waals surface area contributed by atoms with Crippen LogP contribution in [0, 0.1) is 17.3 Å². The zero-order valence-electron chi connectivity index (χ0n) is 22.2. The van der Waals surface area contributed by atoms with E-state index < -0.39 is 34.6 Å². The minimum absolute atomic E-state index is 0.225. The monoisotopic (exact) mass is 478 g/mol. The predicted octanol–water partition coefficient (Wildman–Crippen LogP) is 4.69. The molecule has 0 aromatic carbocycles. The van der Waals surface area contributed by atoms with Crippen LogP contribution in [0.4, 0.5) is 0 Å². The highest BCUT2D eigenvalue weighted by Crippen LogP contribution is 2.47. The van der Waals surface area contributed by atoms with Crippen LogP contribution in [0.3, 0.4) is 0 Å². The van der Waals surface area contributed by atoms with E-state index in [1.54, 1.807) is 0 Å². The molecule has 2 atom stereocenters. The van der Waals surface area contributed by atoms with E-state index in [2.05, 4.69) is 27.7 Å². The van der Waals surface area contributed by atoms with Crippen LogP contribution in [0.5, 0.6) is 0 Å². The van der Waals surface area contributed by atoms with Gasteiger partial charge in [0, 0.05) is 0 Å². The fraction of sp³-hybridized carbons (Fsp3) is 0.929. The SMILES string of the molecule is CC(C)C[C@@H](N(C(=O)C1(C(N)=O)CCCCC1)[C@H](CC(C)C)C1(O)CCCC1)C1(O)CCCC1. The van der Waals surface area contributed by atoms with Crippen molar-refractivity contribution in [2.75, 3.05) is 0 Å². The van der Waals surface area contributed by atoms with Crippen molar-refractivity contribution in [3.05, 3.63) is 0 Å². The Bertz CT molecular complexity index is 665. The molecule has 3 rings (SSSR count). The summed E-state index contributed by atoms with van der Waals surface area (Å²) in [6, 6.07) is -0.844. The van der Waals surface area contributed by atoms with Crippen molar-refractivity contribution in [2.45, 2.75) is 147 Å². The molecule has 3 aliphatic carbocycles. The molecule has 34 heavy (non-hydrogen) atoms. The van der Waals surface area contributed by atoms with Crippen LogP contribution in [0.25, 0.3) is 0 Å². The van der Waals surface area contributed by atoms with Gasteiger partial charge in [-0.1, -0.05) is 72.6 Å². The number of primary amides is 1. The quantitative estimate of drug-likeness (QED) is 0.396. The van der Waals surface area contributed by atoms with Crippen molar-refractivity contribution < 1.29 is 19.8 Å². The molecule has 0 bridgehead atoms. The molecule has 6 heteroatoms. The lowest BCUT2D eigenvalue weighted by atomic mass is 9.70. The summed E-state index contributed by atoms with van der Waals surface area (Å²) in [7, 11) is 0. The highest BCUT2D eigenvalue weighted by Gasteiger charge is 2.57. The molecule has 0 aliphatic heterocycles. The summed E-state index contributed by atoms with van der Waals surface area (Å²) in [6.07, 6.45) is 11.2. The lowest BCUT2D eigenvalue weighted by Crippen LogP contribution is -2.67. The average molecular weight is 479 g/mol. The molecule has 6 nitrogen and oxygen atoms in total. The van der Waals surface area contributed by atoms with Gasteiger partial charge in [-0.25, -0.2) is 0 Å². The van der Waals surface area contributed by atoms with Gasteiger partial charge in [0.1, 0.15) is 5.41 Å². The molecule has 0 heterocycles. The molecule has 3 aliphatic rings. The Morgan fingerprint density at radius 1 is 0.706 bits per heavy atom. The second-order valence-corrected chi connectivity index (χ2v) is 12.6. The highest BCUT2D eigenvalue weighted by molar-refractivity contribution is 6.04. The third kappa shape index (κ3) is 5.48. The first-order valence-corrected chi connectivity index (χ1v) is 14.0. The third-order valence-electron chi connectivity index (χ3n) is 9.06. The molecular weight excluding hydrogens is 428 g/mol. The Morgan fingerprint density at radius 2 is 1.06 bits per heavy atom. The predicted molar refractivity (Wildman–Crippen MR) is 135 cm³/mol. The number of carbonyl (C=O) groups is 2. The first kappa shape index (κ1) is 27.4. The smallest absolute Gasteiger partial charge is 0.238 e. The summed E-state index contributed by atoms with van der Waals surface area (Å²) in [5.41, 5.74) is 2.80. The molecule has 3 saturated carbocycles. The van der Waals surface area contributed by atoms with E-state index in [1.807, 2.05) is 4.90 Å². The van der Waals surface area contributed by atoms with Crippen molar-refractivity contribution in [3.8, 4) is 0 Å². The number of hydrogen-bond donors (Lipinski definition) is 3. The van der Waals surface area contributed by atoms with Crippen LogP contribution in [0.1, 0.15) is 124 Å². The normalized spacial score (nSPS) is 25.4. The van der Waals surface area contributed by atoms with Crippen molar-refractivity contribution >= 4 is 11.8 Å². The third-order valence-corrected chi connectivity index (χ3v) is 9.06. The molecule has 4 N–H and O–H groups in total. The zero-order valence-corrected chi connectivity index (χ0v) is 22.2. The first-order chi connectivity index (χ1) is 16.0. The Labute approximate surface area is 207 Å². The maximum Gasteiger partial charge on any atom is 0.238 e. The van der Waals surface area contributed by atoms with Gasteiger partial charge in [-0.05, 0) is 63.2 Å². The number of amides is 2. The minimum Gasteiger partial charge on any atom is -0.388 e. The van der Waals surface area contributed by atoms with Crippen LogP contribution in [0.15, 0.2) is 0 Å². The van der Waals surface area contributed by atoms with Crippen LogP contribution >= 0.6 is 0 Å². The van der Waals surface area contributed by atoms with Crippen molar-refractivity contribution in [3.63, 3.8) is 0 Å². The molecule has 0 spiro atoms. The summed E-state index contributed by atoms with van der Waals surface area (Å²) < 4.78 is 0. The van der Waals surface area contributed by atoms with Gasteiger partial charge < -0.3 is 20.8 Å². The molecular formula is C28H50N2O4. The molecule has 0 radical (unpaired) electrons. The average Bonchev–Trinajstić information content (AvgIpc) is 3.42. The minimum atomic E-state index is -1.23. The molecule has 0 aromatic heterocycles. The van der Waals surface area contributed by atoms with Crippen molar-refractivity contribution in [1.82, 2.24) is 4.90 Å². The van der Waals surface area contributed by atoms with E-state index in [0.29, 0.717) is 51.4 Å². The Morgan fingerprint density at radius 3 is 1.38 bits per heavy atom. The van der Waals surface area contributed by atoms with Gasteiger partial charge in [0.25, 0.3) is 0 Å². The topological polar surface area (TPSA) is 104 Å². The van der Waals surface area contributed by atoms with Gasteiger partial charge in [0.15, 0.2) is 0 Å². The standard InChI is InChI=1S/C28H50N2O4/c1-20(2)18-22(27(33)14-8-9-15-27)30(23(19-21(3)4)28(34)16-10-11-17-28)25(32)26(24(29)31)12-6-5-7-13-26/h20-23,33-34H,5-19H2,1-4H3,(H2,29,31)/t22-,23-/m1/s1. The highest BCUT2D eigenvalue weighted by atomic mass is 16.3. The fourth-order valence-electron chi connectivity index (χ4n) is 7.19. The maximum absolute atomic E-state index is 14.7. The maximum atomic E-state index is 14.7. The fourth-order valence-corrected chi connectivity index (χ4v) is 7.19. The van der Waals surface area contributed by atoms with E-state index in [1.165, 1.54) is 0 Å². The first-order valence-electron chi connectivity index (χ1n) is 14.0. The number of nitrogens with zero attached hydrogens (tertiary/aromatic N) is 1. The van der Waals surface area contributed by atoms with Crippen molar-refractivity contribution in [2.24, 2.45) is 23.0 Å². The van der Waals surface area contributed by atoms with Crippen LogP contribution in [-0.4, -0.2) is 50.2 Å². The van der Waals surface area contributed by atoms with E-state index in [0.717, 1.165) is 44.9 Å². The largest absolute Gasteiger partial charge is 0.388 e. The molecule has 3 fully saturated rings. The molecule has 0 saturated heterocycles. The summed E-state index contributed by atoms with van der Waals surface area (Å²) in [6.45, 7) is 8.50. The lowest BCUT2D eigenvalue weighted by molar-refractivity contribution is -0.174. The zero-order chi connectivity index (χ0) is 25.1.